The van der Waals surface area contributed by atoms with Crippen LogP contribution in [0, 0.1) is 0 Å². The Hall–Kier alpha value is -3.25. The van der Waals surface area contributed by atoms with Gasteiger partial charge in [-0.05, 0) is 36.8 Å². The number of carbonyl (C=O) groups excluding carboxylic acids is 1. The minimum Gasteiger partial charge on any atom is -0.406 e. The number of benzene rings is 2. The number of alkyl halides is 3. The first-order valence-corrected chi connectivity index (χ1v) is 10.9. The number of hydrogen-bond donors (Lipinski definition) is 3. The van der Waals surface area contributed by atoms with E-state index in [0.717, 1.165) is 17.8 Å². The Bertz CT molecular complexity index is 1150. The molecule has 2 heterocycles. The molecule has 0 aliphatic carbocycles. The molecule has 0 spiro atoms. The van der Waals surface area contributed by atoms with Gasteiger partial charge in [0, 0.05) is 38.9 Å². The zero-order chi connectivity index (χ0) is 23.6. The second-order valence-corrected chi connectivity index (χ2v) is 8.36. The number of fused-ring (bicyclic) bond motifs is 2. The van der Waals surface area contributed by atoms with E-state index in [9.17, 15) is 18.0 Å². The summed E-state index contributed by atoms with van der Waals surface area (Å²) in [6.07, 6.45) is -4.38. The van der Waals surface area contributed by atoms with Gasteiger partial charge in [0.2, 0.25) is 0 Å². The number of nitrogens with zero attached hydrogens (tertiary/aromatic N) is 2. The molecule has 1 aromatic heterocycles. The number of rotatable bonds is 8. The van der Waals surface area contributed by atoms with E-state index in [2.05, 4.69) is 25.7 Å². The number of methoxy groups -OCH3 is 1. The zero-order valence-corrected chi connectivity index (χ0v) is 18.6. The van der Waals surface area contributed by atoms with Crippen LogP contribution < -0.4 is 25.6 Å². The summed E-state index contributed by atoms with van der Waals surface area (Å²) in [5.74, 6) is -0.459. The third kappa shape index (κ3) is 5.40. The highest BCUT2D eigenvalue weighted by Crippen LogP contribution is 2.36. The number of halogens is 3. The quantitative estimate of drug-likeness (QED) is 0.415. The lowest BCUT2D eigenvalue weighted by Gasteiger charge is -2.22. The highest BCUT2D eigenvalue weighted by Gasteiger charge is 2.31. The molecule has 1 unspecified atom stereocenters. The molecule has 1 aliphatic heterocycles. The molecule has 0 radical (unpaired) electrons. The first kappa shape index (κ1) is 22.9. The van der Waals surface area contributed by atoms with Gasteiger partial charge < -0.3 is 30.3 Å². The van der Waals surface area contributed by atoms with Crippen molar-refractivity contribution < 1.29 is 27.4 Å². The average molecular weight is 482 g/mol. The van der Waals surface area contributed by atoms with Crippen molar-refractivity contribution in [3.8, 4) is 5.75 Å². The van der Waals surface area contributed by atoms with E-state index < -0.39 is 6.36 Å². The molecule has 0 bridgehead atoms. The average Bonchev–Trinajstić information content (AvgIpc) is 3.29. The molecule has 1 aliphatic rings. The van der Waals surface area contributed by atoms with Gasteiger partial charge in [0.25, 0.3) is 5.91 Å². The summed E-state index contributed by atoms with van der Waals surface area (Å²) in [5, 5.41) is 9.92. The van der Waals surface area contributed by atoms with E-state index in [-0.39, 0.29) is 17.9 Å². The molecule has 2 aromatic carbocycles. The van der Waals surface area contributed by atoms with Crippen LogP contribution in [-0.2, 0) is 4.74 Å². The number of aromatic nitrogens is 1. The maximum Gasteiger partial charge on any atom is 0.573 e. The van der Waals surface area contributed by atoms with Crippen molar-refractivity contribution >= 4 is 44.0 Å². The second-order valence-electron chi connectivity index (χ2n) is 7.33. The number of anilines is 3. The molecule has 3 N–H and O–H groups in total. The SMILES string of the molecule is COCCCNC(=O)c1ccc2c(c1)NC(Nc1nc3ccc(OC(F)(F)F)cc3s1)N2C. The Kier molecular flexibility index (Phi) is 6.47. The number of ether oxygens (including phenoxy) is 2. The normalized spacial score (nSPS) is 15.3. The van der Waals surface area contributed by atoms with Crippen molar-refractivity contribution in [1.29, 1.82) is 0 Å². The fourth-order valence-corrected chi connectivity index (χ4v) is 4.33. The fourth-order valence-electron chi connectivity index (χ4n) is 3.42. The Labute approximate surface area is 191 Å². The van der Waals surface area contributed by atoms with E-state index in [0.29, 0.717) is 34.1 Å². The van der Waals surface area contributed by atoms with Gasteiger partial charge in [-0.25, -0.2) is 4.98 Å². The summed E-state index contributed by atoms with van der Waals surface area (Å²) in [6.45, 7) is 1.10. The van der Waals surface area contributed by atoms with Gasteiger partial charge in [0.05, 0.1) is 21.6 Å². The van der Waals surface area contributed by atoms with Crippen molar-refractivity contribution in [2.24, 2.45) is 0 Å². The van der Waals surface area contributed by atoms with Crippen LogP contribution in [0.4, 0.5) is 29.7 Å². The molecule has 0 saturated carbocycles. The Balaban J connectivity index is 1.43. The molecule has 8 nitrogen and oxygen atoms in total. The Morgan fingerprint density at radius 1 is 1.27 bits per heavy atom. The number of hydrogen-bond acceptors (Lipinski definition) is 8. The van der Waals surface area contributed by atoms with Gasteiger partial charge in [-0.1, -0.05) is 11.3 Å². The van der Waals surface area contributed by atoms with Crippen molar-refractivity contribution in [3.63, 3.8) is 0 Å². The standard InChI is InChI=1S/C21H22F3N5O3S/c1-29-16-7-4-12(18(30)25-8-3-9-31-2)10-15(16)26-19(29)28-20-27-14-6-5-13(11-17(14)33-20)32-21(22,23)24/h4-7,10-11,19,26H,3,8-9H2,1-2H3,(H,25,30)(H,27,28). The van der Waals surface area contributed by atoms with E-state index in [1.165, 1.54) is 29.5 Å². The first-order chi connectivity index (χ1) is 15.7. The van der Waals surface area contributed by atoms with Gasteiger partial charge in [0.1, 0.15) is 5.75 Å². The summed E-state index contributed by atoms with van der Waals surface area (Å²) in [4.78, 5) is 18.8. The van der Waals surface area contributed by atoms with Crippen LogP contribution in [0.5, 0.6) is 5.75 Å². The highest BCUT2D eigenvalue weighted by atomic mass is 32.1. The van der Waals surface area contributed by atoms with E-state index in [1.54, 1.807) is 19.2 Å². The van der Waals surface area contributed by atoms with Gasteiger partial charge in [0.15, 0.2) is 11.4 Å². The maximum atomic E-state index is 12.5. The molecular weight excluding hydrogens is 459 g/mol. The summed E-state index contributed by atoms with van der Waals surface area (Å²) >= 11 is 1.22. The molecule has 3 aromatic rings. The second kappa shape index (κ2) is 9.32. The van der Waals surface area contributed by atoms with Gasteiger partial charge >= 0.3 is 6.36 Å². The molecule has 176 valence electrons. The Morgan fingerprint density at radius 2 is 2.09 bits per heavy atom. The van der Waals surface area contributed by atoms with E-state index in [1.807, 2.05) is 18.0 Å². The molecule has 33 heavy (non-hydrogen) atoms. The number of nitrogens with one attached hydrogen (secondary N) is 3. The smallest absolute Gasteiger partial charge is 0.406 e. The maximum absolute atomic E-state index is 12.5. The van der Waals surface area contributed by atoms with Crippen LogP contribution in [0.1, 0.15) is 16.8 Å². The molecule has 0 fully saturated rings. The third-order valence-electron chi connectivity index (χ3n) is 4.98. The first-order valence-electron chi connectivity index (χ1n) is 10.1. The van der Waals surface area contributed by atoms with Crippen LogP contribution in [0.2, 0.25) is 0 Å². The number of amides is 1. The topological polar surface area (TPSA) is 87.8 Å². The third-order valence-corrected chi connectivity index (χ3v) is 5.93. The minimum atomic E-state index is -4.75. The lowest BCUT2D eigenvalue weighted by atomic mass is 10.1. The van der Waals surface area contributed by atoms with Crippen molar-refractivity contribution in [2.75, 3.05) is 42.8 Å². The number of thiazole rings is 1. The van der Waals surface area contributed by atoms with Crippen LogP contribution in [0.3, 0.4) is 0 Å². The number of carbonyl (C=O) groups is 1. The highest BCUT2D eigenvalue weighted by molar-refractivity contribution is 7.22. The van der Waals surface area contributed by atoms with Gasteiger partial charge in [-0.2, -0.15) is 0 Å². The lowest BCUT2D eigenvalue weighted by Crippen LogP contribution is -2.39. The van der Waals surface area contributed by atoms with Crippen LogP contribution in [0.25, 0.3) is 10.2 Å². The predicted octanol–water partition coefficient (Wildman–Crippen LogP) is 4.22. The van der Waals surface area contributed by atoms with Crippen molar-refractivity contribution in [2.45, 2.75) is 19.1 Å². The van der Waals surface area contributed by atoms with Crippen LogP contribution in [0.15, 0.2) is 36.4 Å². The molecule has 12 heteroatoms. The van der Waals surface area contributed by atoms with Crippen LogP contribution in [-0.4, -0.2) is 50.9 Å². The minimum absolute atomic E-state index is 0.169. The fraction of sp³-hybridized carbons (Fsp3) is 0.333. The predicted molar refractivity (Wildman–Crippen MR) is 121 cm³/mol. The van der Waals surface area contributed by atoms with E-state index >= 15 is 0 Å². The van der Waals surface area contributed by atoms with Crippen LogP contribution >= 0.6 is 11.3 Å². The summed E-state index contributed by atoms with van der Waals surface area (Å²) in [7, 11) is 3.49. The zero-order valence-electron chi connectivity index (χ0n) is 17.8. The van der Waals surface area contributed by atoms with Crippen molar-refractivity contribution in [1.82, 2.24) is 10.3 Å². The summed E-state index contributed by atoms with van der Waals surface area (Å²) < 4.78 is 46.9. The van der Waals surface area contributed by atoms with Gasteiger partial charge in [-0.15, -0.1) is 13.2 Å². The summed E-state index contributed by atoms with van der Waals surface area (Å²) in [5.41, 5.74) is 2.76. The van der Waals surface area contributed by atoms with E-state index in [4.69, 9.17) is 4.74 Å². The molecule has 0 saturated heterocycles. The molecule has 1 atom stereocenters. The largest absolute Gasteiger partial charge is 0.573 e. The Morgan fingerprint density at radius 3 is 2.85 bits per heavy atom. The molecular formula is C21H22F3N5O3S. The lowest BCUT2D eigenvalue weighted by molar-refractivity contribution is -0.274. The molecule has 4 rings (SSSR count). The molecule has 1 amide bonds. The summed E-state index contributed by atoms with van der Waals surface area (Å²) in [6, 6.07) is 9.41. The van der Waals surface area contributed by atoms with Crippen molar-refractivity contribution in [3.05, 3.63) is 42.0 Å². The monoisotopic (exact) mass is 481 g/mol. The van der Waals surface area contributed by atoms with Gasteiger partial charge in [-0.3, -0.25) is 4.79 Å².